The number of nitrogens with zero attached hydrogens (tertiary/aromatic N) is 5. The Morgan fingerprint density at radius 2 is 1.87 bits per heavy atom. The topological polar surface area (TPSA) is 146 Å². The number of carbonyl (C=O) groups excluding carboxylic acids is 1. The quantitative estimate of drug-likeness (QED) is 0.336. The lowest BCUT2D eigenvalue weighted by molar-refractivity contribution is -0.116. The molecule has 0 saturated heterocycles. The minimum atomic E-state index is -0.472. The van der Waals surface area contributed by atoms with Gasteiger partial charge in [0, 0.05) is 32.6 Å². The van der Waals surface area contributed by atoms with Crippen molar-refractivity contribution in [2.45, 2.75) is 52.6 Å². The van der Waals surface area contributed by atoms with Crippen molar-refractivity contribution in [1.82, 2.24) is 28.9 Å². The Bertz CT molecular complexity index is 1170. The third kappa shape index (κ3) is 4.88. The van der Waals surface area contributed by atoms with Crippen LogP contribution >= 0.6 is 0 Å². The Kier molecular flexibility index (Phi) is 8.17. The van der Waals surface area contributed by atoms with Gasteiger partial charge in [-0.2, -0.15) is 5.10 Å². The number of H-pyrrole nitrogens is 1. The Morgan fingerprint density at radius 1 is 1.19 bits per heavy atom. The maximum absolute atomic E-state index is 12.6. The molecule has 11 nitrogen and oxygen atoms in total. The van der Waals surface area contributed by atoms with Gasteiger partial charge in [0.25, 0.3) is 5.56 Å². The summed E-state index contributed by atoms with van der Waals surface area (Å²) in [7, 11) is 1.74. The lowest BCUT2D eigenvalue weighted by Gasteiger charge is -2.07. The molecule has 0 unspecified atom stereocenters. The van der Waals surface area contributed by atoms with E-state index < -0.39 is 11.2 Å². The second-order valence-electron chi connectivity index (χ2n) is 7.15. The average Bonchev–Trinajstić information content (AvgIpc) is 3.24. The second-order valence-corrected chi connectivity index (χ2v) is 7.15. The SMILES string of the molecule is CCCn1c(-c2cc(NC(=O)CCCN)nn2C)nc2c1c(=O)[nH]c(=O)n2CCC.[Cl-]. The molecule has 3 aromatic heterocycles. The number of halogens is 1. The third-order valence-corrected chi connectivity index (χ3v) is 4.76. The molecule has 0 bridgehead atoms. The molecule has 170 valence electrons. The molecule has 0 aliphatic rings. The number of aromatic nitrogens is 6. The van der Waals surface area contributed by atoms with E-state index in [0.717, 1.165) is 12.8 Å². The van der Waals surface area contributed by atoms with Gasteiger partial charge in [-0.25, -0.2) is 9.78 Å². The number of amides is 1. The van der Waals surface area contributed by atoms with E-state index >= 15 is 0 Å². The molecule has 0 aliphatic heterocycles. The van der Waals surface area contributed by atoms with Crippen LogP contribution in [0.4, 0.5) is 5.82 Å². The Balaban J connectivity index is 0.00000341. The van der Waals surface area contributed by atoms with Gasteiger partial charge in [0.05, 0.1) is 0 Å². The van der Waals surface area contributed by atoms with Gasteiger partial charge in [0.15, 0.2) is 22.8 Å². The van der Waals surface area contributed by atoms with E-state index in [-0.39, 0.29) is 18.3 Å². The molecule has 3 rings (SSSR count). The van der Waals surface area contributed by atoms with Crippen molar-refractivity contribution in [3.05, 3.63) is 26.9 Å². The first-order valence-corrected chi connectivity index (χ1v) is 10.2. The number of aromatic amines is 1. The summed E-state index contributed by atoms with van der Waals surface area (Å²) in [5, 5.41) is 7.11. The minimum Gasteiger partial charge on any atom is -1.00 e. The molecule has 0 fully saturated rings. The van der Waals surface area contributed by atoms with Crippen LogP contribution < -0.4 is 34.7 Å². The first-order chi connectivity index (χ1) is 14.4. The molecule has 4 N–H and O–H groups in total. The molecule has 0 aliphatic carbocycles. The highest BCUT2D eigenvalue weighted by Gasteiger charge is 2.22. The molecule has 0 aromatic carbocycles. The molecule has 31 heavy (non-hydrogen) atoms. The molecular formula is C19H28ClN8O3-. The van der Waals surface area contributed by atoms with E-state index in [9.17, 15) is 14.4 Å². The second kappa shape index (κ2) is 10.4. The zero-order valence-corrected chi connectivity index (χ0v) is 18.7. The number of hydrogen-bond donors (Lipinski definition) is 3. The highest BCUT2D eigenvalue weighted by molar-refractivity contribution is 5.90. The van der Waals surface area contributed by atoms with Crippen molar-refractivity contribution in [3.63, 3.8) is 0 Å². The van der Waals surface area contributed by atoms with Crippen molar-refractivity contribution >= 4 is 22.9 Å². The number of rotatable bonds is 9. The number of fused-ring (bicyclic) bond motifs is 1. The average molecular weight is 452 g/mol. The molecule has 0 spiro atoms. The van der Waals surface area contributed by atoms with Crippen LogP contribution in [0, 0.1) is 0 Å². The standard InChI is InChI=1S/C19H28N8O3.ClH/c1-4-9-26-15-17(27(10-5-2)19(30)23-18(15)29)22-16(26)12-11-13(24-25(12)3)21-14(28)7-6-8-20;/h11H,4-10,20H2,1-3H3,(H,21,24,28)(H,23,29,30);1H/p-1. The fourth-order valence-electron chi connectivity index (χ4n) is 3.45. The smallest absolute Gasteiger partial charge is 0.330 e. The molecule has 0 saturated carbocycles. The van der Waals surface area contributed by atoms with Crippen LogP contribution in [0.5, 0.6) is 0 Å². The largest absolute Gasteiger partial charge is 1.00 e. The van der Waals surface area contributed by atoms with E-state index in [2.05, 4.69) is 20.4 Å². The van der Waals surface area contributed by atoms with Gasteiger partial charge < -0.3 is 28.0 Å². The molecular weight excluding hydrogens is 424 g/mol. The van der Waals surface area contributed by atoms with E-state index in [0.29, 0.717) is 61.0 Å². The van der Waals surface area contributed by atoms with Gasteiger partial charge in [-0.05, 0) is 25.8 Å². The van der Waals surface area contributed by atoms with Gasteiger partial charge in [-0.3, -0.25) is 23.8 Å². The molecule has 12 heteroatoms. The summed E-state index contributed by atoms with van der Waals surface area (Å²) in [6.45, 7) is 5.38. The predicted octanol–water partition coefficient (Wildman–Crippen LogP) is -2.21. The fourth-order valence-corrected chi connectivity index (χ4v) is 3.45. The molecule has 3 aromatic rings. The van der Waals surface area contributed by atoms with E-state index in [1.54, 1.807) is 22.4 Å². The van der Waals surface area contributed by atoms with Crippen LogP contribution in [0.3, 0.4) is 0 Å². The van der Waals surface area contributed by atoms with Gasteiger partial charge in [0.1, 0.15) is 5.69 Å². The summed E-state index contributed by atoms with van der Waals surface area (Å²) in [5.74, 6) is 0.745. The Hall–Kier alpha value is -2.92. The van der Waals surface area contributed by atoms with E-state index in [1.165, 1.54) is 4.57 Å². The summed E-state index contributed by atoms with van der Waals surface area (Å²) in [6, 6.07) is 1.71. The van der Waals surface area contributed by atoms with Crippen LogP contribution in [0.1, 0.15) is 39.5 Å². The van der Waals surface area contributed by atoms with Gasteiger partial charge >= 0.3 is 5.69 Å². The van der Waals surface area contributed by atoms with Crippen molar-refractivity contribution < 1.29 is 17.2 Å². The van der Waals surface area contributed by atoms with Crippen LogP contribution in [0.15, 0.2) is 15.7 Å². The highest BCUT2D eigenvalue weighted by Crippen LogP contribution is 2.25. The Labute approximate surface area is 185 Å². The molecule has 0 atom stereocenters. The van der Waals surface area contributed by atoms with Crippen LogP contribution in [-0.2, 0) is 24.9 Å². The van der Waals surface area contributed by atoms with Crippen molar-refractivity contribution in [3.8, 4) is 11.5 Å². The van der Waals surface area contributed by atoms with Crippen molar-refractivity contribution in [2.75, 3.05) is 11.9 Å². The number of anilines is 1. The first-order valence-electron chi connectivity index (χ1n) is 10.2. The van der Waals surface area contributed by atoms with Gasteiger partial charge in [-0.1, -0.05) is 13.8 Å². The summed E-state index contributed by atoms with van der Waals surface area (Å²) in [4.78, 5) is 44.0. The first kappa shape index (κ1) is 24.4. The summed E-state index contributed by atoms with van der Waals surface area (Å²) >= 11 is 0. The van der Waals surface area contributed by atoms with Crippen LogP contribution in [-0.4, -0.2) is 41.3 Å². The van der Waals surface area contributed by atoms with Gasteiger partial charge in [0.2, 0.25) is 5.91 Å². The zero-order valence-electron chi connectivity index (χ0n) is 17.9. The summed E-state index contributed by atoms with van der Waals surface area (Å²) in [5.41, 5.74) is 5.85. The van der Waals surface area contributed by atoms with Crippen molar-refractivity contribution in [1.29, 1.82) is 0 Å². The number of nitrogens with one attached hydrogen (secondary N) is 2. The molecule has 0 radical (unpaired) electrons. The maximum Gasteiger partial charge on any atom is 0.330 e. The number of carbonyl (C=O) groups is 1. The normalized spacial score (nSPS) is 11.0. The monoisotopic (exact) mass is 451 g/mol. The summed E-state index contributed by atoms with van der Waals surface area (Å²) in [6.07, 6.45) is 2.40. The van der Waals surface area contributed by atoms with E-state index in [4.69, 9.17) is 5.73 Å². The van der Waals surface area contributed by atoms with Crippen LogP contribution in [0.25, 0.3) is 22.7 Å². The van der Waals surface area contributed by atoms with Gasteiger partial charge in [-0.15, -0.1) is 0 Å². The minimum absolute atomic E-state index is 0. The lowest BCUT2D eigenvalue weighted by atomic mass is 10.3. The van der Waals surface area contributed by atoms with Crippen LogP contribution in [0.2, 0.25) is 0 Å². The maximum atomic E-state index is 12.6. The van der Waals surface area contributed by atoms with Crippen molar-refractivity contribution in [2.24, 2.45) is 12.8 Å². The number of nitrogens with two attached hydrogens (primary N) is 1. The number of aryl methyl sites for hydroxylation is 3. The number of hydrogen-bond acceptors (Lipinski definition) is 6. The number of imidazole rings is 1. The third-order valence-electron chi connectivity index (χ3n) is 4.76. The van der Waals surface area contributed by atoms with E-state index in [1.807, 2.05) is 13.8 Å². The lowest BCUT2D eigenvalue weighted by Crippen LogP contribution is -3.00. The molecule has 1 amide bonds. The summed E-state index contributed by atoms with van der Waals surface area (Å²) < 4.78 is 4.89. The predicted molar refractivity (Wildman–Crippen MR) is 114 cm³/mol. The molecule has 3 heterocycles. The highest BCUT2D eigenvalue weighted by atomic mass is 35.5. The fraction of sp³-hybridized carbons (Fsp3) is 0.526. The zero-order chi connectivity index (χ0) is 21.8. The Morgan fingerprint density at radius 3 is 2.52 bits per heavy atom.